The molecule has 0 aliphatic carbocycles. The molecule has 6 rings (SSSR count). The van der Waals surface area contributed by atoms with Gasteiger partial charge in [0.15, 0.2) is 21.4 Å². The predicted octanol–water partition coefficient (Wildman–Crippen LogP) is 5.14. The number of aromatic nitrogens is 4. The second-order valence-corrected chi connectivity index (χ2v) is 12.4. The van der Waals surface area contributed by atoms with E-state index in [1.165, 1.54) is 17.4 Å². The topological polar surface area (TPSA) is 122 Å². The van der Waals surface area contributed by atoms with Crippen molar-refractivity contribution in [2.45, 2.75) is 31.8 Å². The third kappa shape index (κ3) is 5.05. The number of imidazole rings is 1. The number of hydrogen-bond donors (Lipinski definition) is 2. The number of aromatic amines is 1. The molecule has 0 saturated carbocycles. The zero-order valence-corrected chi connectivity index (χ0v) is 24.7. The first-order valence-corrected chi connectivity index (χ1v) is 15.7. The van der Waals surface area contributed by atoms with E-state index in [0.717, 1.165) is 40.8 Å². The minimum Gasteiger partial charge on any atom is -0.405 e. The number of H-pyrrole nitrogens is 1. The largest absolute Gasteiger partial charge is 0.415 e. The molecule has 0 radical (unpaired) electrons. The Kier molecular flexibility index (Phi) is 7.07. The number of rotatable bonds is 7. The van der Waals surface area contributed by atoms with E-state index in [1.54, 1.807) is 33.8 Å². The van der Waals surface area contributed by atoms with Gasteiger partial charge in [0.1, 0.15) is 11.4 Å². The molecule has 0 fully saturated rings. The third-order valence-corrected chi connectivity index (χ3v) is 8.78. The van der Waals surface area contributed by atoms with Crippen LogP contribution in [0.3, 0.4) is 0 Å². The van der Waals surface area contributed by atoms with Gasteiger partial charge in [-0.15, -0.1) is 0 Å². The van der Waals surface area contributed by atoms with Crippen molar-refractivity contribution in [3.63, 3.8) is 0 Å². The van der Waals surface area contributed by atoms with Gasteiger partial charge in [0.05, 0.1) is 15.9 Å². The highest BCUT2D eigenvalue weighted by molar-refractivity contribution is 7.90. The van der Waals surface area contributed by atoms with Crippen molar-refractivity contribution >= 4 is 27.0 Å². The molecule has 1 aliphatic heterocycles. The maximum atomic E-state index is 13.2. The lowest BCUT2D eigenvalue weighted by Crippen LogP contribution is -2.33. The SMILES string of the molecule is CCN(CC)C(=O)Oc1c(-c2ccc(-c3ccc(S(C)(=O)=O)cc3)cc2)nn(C)c1-c1nc2cc3c(cc2[nH]1)CNC3. The molecule has 2 aromatic heterocycles. The minimum atomic E-state index is -3.27. The van der Waals surface area contributed by atoms with Crippen LogP contribution in [-0.2, 0) is 30.0 Å². The first-order chi connectivity index (χ1) is 20.2. The van der Waals surface area contributed by atoms with Crippen LogP contribution in [-0.4, -0.2) is 58.5 Å². The van der Waals surface area contributed by atoms with Crippen LogP contribution in [0.25, 0.3) is 44.9 Å². The van der Waals surface area contributed by atoms with Gasteiger partial charge in [0.2, 0.25) is 0 Å². The molecule has 216 valence electrons. The second-order valence-electron chi connectivity index (χ2n) is 10.4. The van der Waals surface area contributed by atoms with Gasteiger partial charge in [0, 0.05) is 45.0 Å². The molecule has 0 spiro atoms. The smallest absolute Gasteiger partial charge is 0.405 e. The van der Waals surface area contributed by atoms with Gasteiger partial charge in [-0.25, -0.2) is 18.2 Å². The zero-order valence-electron chi connectivity index (χ0n) is 23.9. The van der Waals surface area contributed by atoms with Gasteiger partial charge >= 0.3 is 6.09 Å². The maximum Gasteiger partial charge on any atom is 0.415 e. The highest BCUT2D eigenvalue weighted by Gasteiger charge is 2.27. The Labute approximate surface area is 244 Å². The number of hydrogen-bond acceptors (Lipinski definition) is 7. The first kappa shape index (κ1) is 27.7. The van der Waals surface area contributed by atoms with Crippen molar-refractivity contribution in [1.29, 1.82) is 0 Å². The summed E-state index contributed by atoms with van der Waals surface area (Å²) in [5, 5.41) is 8.14. The van der Waals surface area contributed by atoms with Crippen LogP contribution in [0, 0.1) is 0 Å². The van der Waals surface area contributed by atoms with Crippen molar-refractivity contribution in [2.24, 2.45) is 7.05 Å². The van der Waals surface area contributed by atoms with Crippen molar-refractivity contribution < 1.29 is 17.9 Å². The monoisotopic (exact) mass is 584 g/mol. The Morgan fingerprint density at radius 2 is 1.55 bits per heavy atom. The van der Waals surface area contributed by atoms with E-state index in [9.17, 15) is 13.2 Å². The van der Waals surface area contributed by atoms with E-state index in [4.69, 9.17) is 14.8 Å². The average molecular weight is 585 g/mol. The quantitative estimate of drug-likeness (QED) is 0.271. The molecule has 3 heterocycles. The van der Waals surface area contributed by atoms with Crippen LogP contribution in [0.5, 0.6) is 5.75 Å². The fourth-order valence-corrected chi connectivity index (χ4v) is 5.95. The predicted molar refractivity (Wildman–Crippen MR) is 162 cm³/mol. The molecule has 5 aromatic rings. The summed E-state index contributed by atoms with van der Waals surface area (Å²) in [7, 11) is -1.46. The Morgan fingerprint density at radius 3 is 2.17 bits per heavy atom. The normalized spacial score (nSPS) is 13.0. The van der Waals surface area contributed by atoms with Crippen molar-refractivity contribution in [2.75, 3.05) is 19.3 Å². The van der Waals surface area contributed by atoms with Gasteiger partial charge < -0.3 is 19.9 Å². The summed E-state index contributed by atoms with van der Waals surface area (Å²) in [4.78, 5) is 23.4. The van der Waals surface area contributed by atoms with E-state index in [0.29, 0.717) is 36.1 Å². The summed E-state index contributed by atoms with van der Waals surface area (Å²) >= 11 is 0. The van der Waals surface area contributed by atoms with Crippen LogP contribution in [0.2, 0.25) is 0 Å². The number of nitrogens with zero attached hydrogens (tertiary/aromatic N) is 4. The summed E-state index contributed by atoms with van der Waals surface area (Å²) in [6, 6.07) is 18.7. The number of aryl methyl sites for hydroxylation is 1. The molecule has 0 atom stereocenters. The van der Waals surface area contributed by atoms with E-state index in [1.807, 2.05) is 45.2 Å². The summed E-state index contributed by atoms with van der Waals surface area (Å²) in [5.74, 6) is 0.890. The van der Waals surface area contributed by atoms with Crippen molar-refractivity contribution in [3.05, 3.63) is 71.8 Å². The zero-order chi connectivity index (χ0) is 29.6. The number of carbonyl (C=O) groups excluding carboxylic acids is 1. The molecule has 11 heteroatoms. The van der Waals surface area contributed by atoms with E-state index < -0.39 is 15.9 Å². The fraction of sp³-hybridized carbons (Fsp3) is 0.258. The number of ether oxygens (including phenoxy) is 1. The summed E-state index contributed by atoms with van der Waals surface area (Å²) in [5.41, 5.74) is 7.85. The number of benzene rings is 3. The molecule has 1 aliphatic rings. The molecule has 1 amide bonds. The van der Waals surface area contributed by atoms with Crippen LogP contribution in [0.4, 0.5) is 4.79 Å². The Bertz CT molecular complexity index is 1860. The molecule has 42 heavy (non-hydrogen) atoms. The second kappa shape index (κ2) is 10.7. The molecular formula is C31H32N6O4S. The van der Waals surface area contributed by atoms with Crippen molar-refractivity contribution in [1.82, 2.24) is 30.0 Å². The lowest BCUT2D eigenvalue weighted by atomic mass is 10.0. The van der Waals surface area contributed by atoms with Gasteiger partial charge in [0.25, 0.3) is 0 Å². The lowest BCUT2D eigenvalue weighted by molar-refractivity contribution is 0.157. The van der Waals surface area contributed by atoms with Crippen molar-refractivity contribution in [3.8, 4) is 39.7 Å². The minimum absolute atomic E-state index is 0.274. The number of nitrogens with one attached hydrogen (secondary N) is 2. The number of fused-ring (bicyclic) bond motifs is 2. The van der Waals surface area contributed by atoms with E-state index in [-0.39, 0.29) is 4.90 Å². The number of sulfone groups is 1. The standard InChI is InChI=1S/C31H32N6O4S/c1-5-37(6-2)31(38)41-29-27(21-9-7-19(8-10-21)20-11-13-24(14-12-20)42(4,39)40)35-36(3)28(29)30-33-25-15-22-17-32-18-23(22)16-26(25)34-30/h7-16,32H,5-6,17-18H2,1-4H3,(H,33,34). The van der Waals surface area contributed by atoms with Gasteiger partial charge in [-0.2, -0.15) is 5.10 Å². The van der Waals surface area contributed by atoms with Crippen LogP contribution >= 0.6 is 0 Å². The lowest BCUT2D eigenvalue weighted by Gasteiger charge is -2.18. The van der Waals surface area contributed by atoms with Crippen LogP contribution in [0.1, 0.15) is 25.0 Å². The maximum absolute atomic E-state index is 13.2. The summed E-state index contributed by atoms with van der Waals surface area (Å²) in [6.07, 6.45) is 0.733. The van der Waals surface area contributed by atoms with E-state index >= 15 is 0 Å². The Morgan fingerprint density at radius 1 is 0.952 bits per heavy atom. The fourth-order valence-electron chi connectivity index (χ4n) is 5.32. The Balaban J connectivity index is 1.41. The molecule has 10 nitrogen and oxygen atoms in total. The molecule has 0 saturated heterocycles. The molecule has 2 N–H and O–H groups in total. The van der Waals surface area contributed by atoms with Gasteiger partial charge in [-0.05, 0) is 60.4 Å². The highest BCUT2D eigenvalue weighted by atomic mass is 32.2. The van der Waals surface area contributed by atoms with Crippen LogP contribution in [0.15, 0.2) is 65.6 Å². The van der Waals surface area contributed by atoms with Gasteiger partial charge in [-0.3, -0.25) is 4.68 Å². The summed E-state index contributed by atoms with van der Waals surface area (Å²) in [6.45, 7) is 6.47. The van der Waals surface area contributed by atoms with E-state index in [2.05, 4.69) is 22.4 Å². The highest BCUT2D eigenvalue weighted by Crippen LogP contribution is 2.39. The number of carbonyl (C=O) groups is 1. The first-order valence-electron chi connectivity index (χ1n) is 13.8. The molecule has 0 bridgehead atoms. The summed E-state index contributed by atoms with van der Waals surface area (Å²) < 4.78 is 31.4. The molecule has 0 unspecified atom stereocenters. The molecular weight excluding hydrogens is 552 g/mol. The van der Waals surface area contributed by atoms with Gasteiger partial charge in [-0.1, -0.05) is 36.4 Å². The van der Waals surface area contributed by atoms with Crippen LogP contribution < -0.4 is 10.1 Å². The third-order valence-electron chi connectivity index (χ3n) is 7.65. The molecule has 3 aromatic carbocycles. The number of amides is 1. The Hall–Kier alpha value is -4.48. The average Bonchev–Trinajstić information content (AvgIpc) is 3.68.